The molecule has 1 N–H and O–H groups in total. The molecule has 0 amide bonds. The molecule has 0 aliphatic heterocycles. The van der Waals surface area contributed by atoms with Crippen LogP contribution in [0.2, 0.25) is 10.2 Å². The highest BCUT2D eigenvalue weighted by molar-refractivity contribution is 6.33. The molecule has 5 aromatic rings. The third kappa shape index (κ3) is 3.73. The van der Waals surface area contributed by atoms with Gasteiger partial charge in [0.1, 0.15) is 16.5 Å². The van der Waals surface area contributed by atoms with Gasteiger partial charge < -0.3 is 9.13 Å². The van der Waals surface area contributed by atoms with Gasteiger partial charge in [-0.05, 0) is 24.6 Å². The van der Waals surface area contributed by atoms with Crippen LogP contribution in [0.15, 0.2) is 54.7 Å². The topological polar surface area (TPSA) is 77.3 Å². The monoisotopic (exact) mass is 477 g/mol. The van der Waals surface area contributed by atoms with Crippen LogP contribution < -0.4 is 5.62 Å². The zero-order valence-corrected chi connectivity index (χ0v) is 19.9. The summed E-state index contributed by atoms with van der Waals surface area (Å²) in [5, 5.41) is 9.76. The van der Waals surface area contributed by atoms with E-state index in [1.807, 2.05) is 83.3 Å². The average molecular weight is 478 g/mol. The zero-order chi connectivity index (χ0) is 23.3. The summed E-state index contributed by atoms with van der Waals surface area (Å²) in [4.78, 5) is 13.9. The van der Waals surface area contributed by atoms with Crippen molar-refractivity contribution in [2.45, 2.75) is 13.5 Å². The van der Waals surface area contributed by atoms with Crippen molar-refractivity contribution in [1.82, 2.24) is 28.7 Å². The molecule has 166 valence electrons. The summed E-state index contributed by atoms with van der Waals surface area (Å²) in [6, 6.07) is 15.6. The fourth-order valence-corrected chi connectivity index (χ4v) is 4.52. The Morgan fingerprint density at radius 1 is 0.939 bits per heavy atom. The molecule has 5 rings (SSSR count). The first-order valence-electron chi connectivity index (χ1n) is 10.3. The highest BCUT2D eigenvalue weighted by Gasteiger charge is 2.17. The Kier molecular flexibility index (Phi) is 5.31. The largest absolute Gasteiger partial charge is 0.332 e. The van der Waals surface area contributed by atoms with Crippen LogP contribution in [-0.4, -0.2) is 28.7 Å². The molecule has 0 unspecified atom stereocenters. The van der Waals surface area contributed by atoms with E-state index in [1.165, 1.54) is 0 Å². The van der Waals surface area contributed by atoms with Gasteiger partial charge >= 0.3 is 0 Å². The Morgan fingerprint density at radius 2 is 1.67 bits per heavy atom. The molecule has 0 saturated carbocycles. The lowest BCUT2D eigenvalue weighted by Gasteiger charge is -2.08. The lowest BCUT2D eigenvalue weighted by molar-refractivity contribution is 0.691. The number of hydrogen-bond donors (Lipinski definition) is 1. The van der Waals surface area contributed by atoms with Gasteiger partial charge in [0.25, 0.3) is 0 Å². The lowest BCUT2D eigenvalue weighted by atomic mass is 10.1. The zero-order valence-electron chi connectivity index (χ0n) is 18.3. The van der Waals surface area contributed by atoms with Crippen molar-refractivity contribution in [1.29, 1.82) is 5.41 Å². The van der Waals surface area contributed by atoms with E-state index in [1.54, 1.807) is 6.20 Å². The Labute approximate surface area is 200 Å². The molecule has 0 bridgehead atoms. The molecule has 9 heteroatoms. The Hall–Kier alpha value is -3.42. The highest BCUT2D eigenvalue weighted by atomic mass is 35.5. The maximum Gasteiger partial charge on any atom is 0.204 e. The molecule has 0 aliphatic rings. The van der Waals surface area contributed by atoms with Gasteiger partial charge in [-0.15, -0.1) is 0 Å². The molecule has 7 nitrogen and oxygen atoms in total. The van der Waals surface area contributed by atoms with Gasteiger partial charge in [-0.3, -0.25) is 9.98 Å². The quantitative estimate of drug-likeness (QED) is 0.396. The Morgan fingerprint density at radius 3 is 2.33 bits per heavy atom. The molecular weight excluding hydrogens is 457 g/mol. The minimum Gasteiger partial charge on any atom is -0.332 e. The van der Waals surface area contributed by atoms with E-state index in [0.29, 0.717) is 33.8 Å². The molecule has 0 radical (unpaired) electrons. The van der Waals surface area contributed by atoms with Crippen molar-refractivity contribution >= 4 is 34.4 Å². The van der Waals surface area contributed by atoms with Gasteiger partial charge in [0.2, 0.25) is 5.62 Å². The van der Waals surface area contributed by atoms with E-state index in [0.717, 1.165) is 33.7 Å². The number of nitrogens with one attached hydrogen (secondary N) is 1. The first-order chi connectivity index (χ1) is 15.8. The van der Waals surface area contributed by atoms with Crippen LogP contribution in [0.3, 0.4) is 0 Å². The second-order valence-corrected chi connectivity index (χ2v) is 8.74. The number of rotatable bonds is 4. The average Bonchev–Trinajstić information content (AvgIpc) is 3.25. The van der Waals surface area contributed by atoms with E-state index in [9.17, 15) is 0 Å². The van der Waals surface area contributed by atoms with Crippen LogP contribution >= 0.6 is 23.2 Å². The second kappa shape index (κ2) is 8.17. The predicted octanol–water partition coefficient (Wildman–Crippen LogP) is 4.98. The van der Waals surface area contributed by atoms with E-state index < -0.39 is 0 Å². The number of aromatic nitrogens is 6. The van der Waals surface area contributed by atoms with Crippen molar-refractivity contribution in [2.24, 2.45) is 14.1 Å². The minimum absolute atomic E-state index is 0.346. The highest BCUT2D eigenvalue weighted by Crippen LogP contribution is 2.27. The molecule has 33 heavy (non-hydrogen) atoms. The summed E-state index contributed by atoms with van der Waals surface area (Å²) < 4.78 is 5.59. The van der Waals surface area contributed by atoms with Crippen molar-refractivity contribution in [2.75, 3.05) is 0 Å². The molecule has 0 aliphatic carbocycles. The van der Waals surface area contributed by atoms with Gasteiger partial charge in [0, 0.05) is 31.4 Å². The number of imidazole rings is 2. The molecule has 3 aromatic heterocycles. The number of fused-ring (bicyclic) bond motifs is 1. The maximum absolute atomic E-state index is 8.70. The Bertz CT molecular complexity index is 1560. The molecule has 3 heterocycles. The standard InChI is InChI=1S/C24H21Cl2N7/c1-14-20-23(30-21(28-14)17-6-4-5-7-18(17)25)33(24(27)32(20)3)12-15-8-10-16(11-9-15)22-29-19(26)13-31(22)2/h4-11,13,27H,12H2,1-3H3. The lowest BCUT2D eigenvalue weighted by Crippen LogP contribution is -2.23. The predicted molar refractivity (Wildman–Crippen MR) is 130 cm³/mol. The van der Waals surface area contributed by atoms with Crippen LogP contribution in [0.25, 0.3) is 33.9 Å². The fraction of sp³-hybridized carbons (Fsp3) is 0.167. The van der Waals surface area contributed by atoms with Crippen molar-refractivity contribution in [3.63, 3.8) is 0 Å². The summed E-state index contributed by atoms with van der Waals surface area (Å²) in [5.41, 5.74) is 5.46. The molecular formula is C24H21Cl2N7. The van der Waals surface area contributed by atoms with Gasteiger partial charge in [0.15, 0.2) is 11.5 Å². The van der Waals surface area contributed by atoms with E-state index in [4.69, 9.17) is 33.6 Å². The van der Waals surface area contributed by atoms with Crippen molar-refractivity contribution in [3.05, 3.63) is 81.8 Å². The summed E-state index contributed by atoms with van der Waals surface area (Å²) >= 11 is 12.4. The minimum atomic E-state index is 0.346. The van der Waals surface area contributed by atoms with Crippen molar-refractivity contribution < 1.29 is 0 Å². The van der Waals surface area contributed by atoms with Gasteiger partial charge in [-0.25, -0.2) is 15.0 Å². The van der Waals surface area contributed by atoms with Crippen LogP contribution in [0.5, 0.6) is 0 Å². The summed E-state index contributed by atoms with van der Waals surface area (Å²) in [6.07, 6.45) is 1.78. The normalized spacial score (nSPS) is 11.4. The maximum atomic E-state index is 8.70. The third-order valence-electron chi connectivity index (χ3n) is 5.72. The SMILES string of the molecule is Cc1nc(-c2ccccc2Cl)nc2c1n(C)c(=N)n2Cc1ccc(-c2nc(Cl)cn2C)cc1. The van der Waals surface area contributed by atoms with Crippen LogP contribution in [0.4, 0.5) is 0 Å². The molecule has 0 saturated heterocycles. The number of benzene rings is 2. The van der Waals surface area contributed by atoms with E-state index in [2.05, 4.69) is 9.97 Å². The smallest absolute Gasteiger partial charge is 0.204 e. The van der Waals surface area contributed by atoms with Gasteiger partial charge in [0.05, 0.1) is 17.3 Å². The second-order valence-electron chi connectivity index (χ2n) is 7.95. The van der Waals surface area contributed by atoms with Gasteiger partial charge in [-0.1, -0.05) is 59.6 Å². The summed E-state index contributed by atoms with van der Waals surface area (Å²) in [6.45, 7) is 2.43. The first-order valence-corrected chi connectivity index (χ1v) is 11.1. The van der Waals surface area contributed by atoms with Crippen molar-refractivity contribution in [3.8, 4) is 22.8 Å². The Balaban J connectivity index is 1.58. The summed E-state index contributed by atoms with van der Waals surface area (Å²) in [7, 11) is 3.78. The van der Waals surface area contributed by atoms with Crippen LogP contribution in [0.1, 0.15) is 11.3 Å². The molecule has 2 aromatic carbocycles. The number of nitrogens with zero attached hydrogens (tertiary/aromatic N) is 6. The first kappa shape index (κ1) is 21.4. The molecule has 0 atom stereocenters. The summed E-state index contributed by atoms with van der Waals surface area (Å²) in [5.74, 6) is 1.35. The van der Waals surface area contributed by atoms with Crippen LogP contribution in [0, 0.1) is 12.3 Å². The number of aryl methyl sites for hydroxylation is 3. The molecule has 0 fully saturated rings. The number of hydrogen-bond acceptors (Lipinski definition) is 4. The van der Waals surface area contributed by atoms with E-state index >= 15 is 0 Å². The third-order valence-corrected chi connectivity index (χ3v) is 6.23. The van der Waals surface area contributed by atoms with E-state index in [-0.39, 0.29) is 0 Å². The molecule has 0 spiro atoms. The van der Waals surface area contributed by atoms with Crippen LogP contribution in [-0.2, 0) is 20.6 Å². The van der Waals surface area contributed by atoms with Gasteiger partial charge in [-0.2, -0.15) is 0 Å². The fourth-order valence-electron chi connectivity index (χ4n) is 4.07. The number of halogens is 2.